The van der Waals surface area contributed by atoms with Crippen LogP contribution in [0.2, 0.25) is 0 Å². The predicted octanol–water partition coefficient (Wildman–Crippen LogP) is 2.45. The van der Waals surface area contributed by atoms with Crippen LogP contribution in [0.25, 0.3) is 0 Å². The molecule has 6 nitrogen and oxygen atoms in total. The molecule has 150 valence electrons. The molecule has 27 heavy (non-hydrogen) atoms. The number of amides is 1. The Balaban J connectivity index is 2.67. The Morgan fingerprint density at radius 1 is 1.48 bits per heavy atom. The molecule has 7 N–H and O–H groups in total. The number of hydrogen-bond donors (Lipinski definition) is 5. The van der Waals surface area contributed by atoms with Crippen molar-refractivity contribution in [1.82, 2.24) is 10.6 Å². The molecule has 0 radical (unpaired) electrons. The summed E-state index contributed by atoms with van der Waals surface area (Å²) in [5.74, 6) is -0.236. The summed E-state index contributed by atoms with van der Waals surface area (Å²) < 4.78 is 0. The second kappa shape index (κ2) is 10.7. The van der Waals surface area contributed by atoms with Crippen LogP contribution in [-0.2, 0) is 4.79 Å². The zero-order valence-corrected chi connectivity index (χ0v) is 16.7. The Hall–Kier alpha value is -2.31. The lowest BCUT2D eigenvalue weighted by molar-refractivity contribution is -0.125. The van der Waals surface area contributed by atoms with E-state index in [1.807, 2.05) is 13.0 Å². The number of rotatable bonds is 10. The van der Waals surface area contributed by atoms with Gasteiger partial charge < -0.3 is 27.2 Å². The summed E-state index contributed by atoms with van der Waals surface area (Å²) in [4.78, 5) is 12.1. The quantitative estimate of drug-likeness (QED) is 0.298. The summed E-state index contributed by atoms with van der Waals surface area (Å²) in [6.07, 6.45) is 11.6. The van der Waals surface area contributed by atoms with E-state index >= 15 is 0 Å². The molecule has 1 rings (SSSR count). The Kier molecular flexibility index (Phi) is 9.05. The highest BCUT2D eigenvalue weighted by atomic mass is 16.3. The maximum absolute atomic E-state index is 12.1. The van der Waals surface area contributed by atoms with Gasteiger partial charge in [0.2, 0.25) is 5.91 Å². The largest absolute Gasteiger partial charge is 0.400 e. The number of aliphatic hydroxyl groups excluding tert-OH is 1. The number of carbonyl (C=O) groups is 1. The van der Waals surface area contributed by atoms with Gasteiger partial charge in [0, 0.05) is 17.5 Å². The summed E-state index contributed by atoms with van der Waals surface area (Å²) in [5.41, 5.74) is 14.4. The minimum atomic E-state index is -0.956. The molecule has 2 atom stereocenters. The number of nitrogens with two attached hydrogens (primary N) is 2. The monoisotopic (exact) mass is 374 g/mol. The molecule has 1 aliphatic carbocycles. The molecule has 1 aliphatic rings. The van der Waals surface area contributed by atoms with Gasteiger partial charge in [-0.25, -0.2) is 0 Å². The van der Waals surface area contributed by atoms with Crippen LogP contribution in [0.1, 0.15) is 52.9 Å². The number of carbonyl (C=O) groups excluding carboxylic acids is 1. The van der Waals surface area contributed by atoms with Gasteiger partial charge in [-0.2, -0.15) is 0 Å². The van der Waals surface area contributed by atoms with E-state index in [1.165, 1.54) is 11.8 Å². The van der Waals surface area contributed by atoms with Crippen molar-refractivity contribution in [3.63, 3.8) is 0 Å². The van der Waals surface area contributed by atoms with Crippen molar-refractivity contribution in [3.8, 4) is 0 Å². The Morgan fingerprint density at radius 2 is 2.19 bits per heavy atom. The van der Waals surface area contributed by atoms with Crippen LogP contribution < -0.4 is 22.1 Å². The van der Waals surface area contributed by atoms with E-state index in [1.54, 1.807) is 25.2 Å². The highest BCUT2D eigenvalue weighted by Crippen LogP contribution is 2.19. The number of hydrogen-bond acceptors (Lipinski definition) is 5. The third kappa shape index (κ3) is 7.45. The van der Waals surface area contributed by atoms with Gasteiger partial charge in [-0.15, -0.1) is 0 Å². The molecule has 0 spiro atoms. The molecule has 0 aromatic rings. The topological polar surface area (TPSA) is 113 Å². The van der Waals surface area contributed by atoms with Gasteiger partial charge in [-0.3, -0.25) is 4.79 Å². The van der Waals surface area contributed by atoms with Crippen molar-refractivity contribution in [2.45, 2.75) is 64.6 Å². The van der Waals surface area contributed by atoms with Crippen LogP contribution in [-0.4, -0.2) is 22.8 Å². The van der Waals surface area contributed by atoms with Crippen molar-refractivity contribution in [3.05, 3.63) is 59.6 Å². The fourth-order valence-corrected chi connectivity index (χ4v) is 2.62. The van der Waals surface area contributed by atoms with E-state index in [0.717, 1.165) is 37.1 Å². The minimum Gasteiger partial charge on any atom is -0.400 e. The molecular formula is C21H34N4O2. The summed E-state index contributed by atoms with van der Waals surface area (Å²) >= 11 is 0. The van der Waals surface area contributed by atoms with Crippen molar-refractivity contribution in [2.24, 2.45) is 11.5 Å². The Labute approximate surface area is 162 Å². The summed E-state index contributed by atoms with van der Waals surface area (Å²) in [5, 5.41) is 16.1. The van der Waals surface area contributed by atoms with Crippen LogP contribution in [0.4, 0.5) is 0 Å². The van der Waals surface area contributed by atoms with Crippen LogP contribution in [0.3, 0.4) is 0 Å². The first-order valence-electron chi connectivity index (χ1n) is 9.40. The maximum atomic E-state index is 12.1. The smallest absolute Gasteiger partial charge is 0.243 e. The van der Waals surface area contributed by atoms with Crippen LogP contribution in [0.5, 0.6) is 0 Å². The fourth-order valence-electron chi connectivity index (χ4n) is 2.62. The Morgan fingerprint density at radius 3 is 2.81 bits per heavy atom. The molecule has 6 heteroatoms. The molecule has 0 bridgehead atoms. The second-order valence-electron chi connectivity index (χ2n) is 7.20. The van der Waals surface area contributed by atoms with E-state index < -0.39 is 11.8 Å². The van der Waals surface area contributed by atoms with Gasteiger partial charge in [-0.1, -0.05) is 44.1 Å². The zero-order valence-electron chi connectivity index (χ0n) is 16.7. The number of aliphatic hydroxyl groups is 1. The van der Waals surface area contributed by atoms with Gasteiger partial charge in [0.05, 0.1) is 11.2 Å². The molecule has 0 fully saturated rings. The average Bonchev–Trinajstić information content (AvgIpc) is 2.62. The van der Waals surface area contributed by atoms with E-state index in [-0.39, 0.29) is 5.91 Å². The highest BCUT2D eigenvalue weighted by Gasteiger charge is 2.26. The molecule has 2 unspecified atom stereocenters. The van der Waals surface area contributed by atoms with Crippen molar-refractivity contribution in [2.75, 3.05) is 0 Å². The zero-order chi connectivity index (χ0) is 20.4. The van der Waals surface area contributed by atoms with E-state index in [0.29, 0.717) is 12.0 Å². The summed E-state index contributed by atoms with van der Waals surface area (Å²) in [7, 11) is 0. The molecular weight excluding hydrogens is 340 g/mol. The third-order valence-corrected chi connectivity index (χ3v) is 4.54. The normalized spacial score (nSPS) is 18.7. The minimum absolute atomic E-state index is 0.236. The molecule has 0 saturated heterocycles. The predicted molar refractivity (Wildman–Crippen MR) is 111 cm³/mol. The van der Waals surface area contributed by atoms with Crippen LogP contribution in [0.15, 0.2) is 59.6 Å². The van der Waals surface area contributed by atoms with Crippen molar-refractivity contribution >= 4 is 5.91 Å². The highest BCUT2D eigenvalue weighted by molar-refractivity contribution is 5.86. The lowest BCUT2D eigenvalue weighted by Crippen LogP contribution is -2.50. The Bertz CT molecular complexity index is 657. The van der Waals surface area contributed by atoms with E-state index in [9.17, 15) is 9.90 Å². The molecule has 0 aliphatic heterocycles. The molecule has 0 aromatic carbocycles. The number of nitrogens with one attached hydrogen (secondary N) is 2. The standard InChI is InChI=1S/C21H34N4O2/c1-5-7-12-21(4,23)20(27)24-13-8-9-16(6-2)19(26)25-18-14-15(3)10-11-17(18)22/h6,8-9,13-14,19,25-26H,2,5,7,10-12,22-23H2,1,3-4H3,(H,24,27)/b13-8+,16-9+. The number of allylic oxidation sites excluding steroid dienone is 5. The third-order valence-electron chi connectivity index (χ3n) is 4.54. The number of unbranched alkanes of at least 4 members (excludes halogenated alkanes) is 1. The van der Waals surface area contributed by atoms with E-state index in [4.69, 9.17) is 11.5 Å². The first-order valence-corrected chi connectivity index (χ1v) is 9.40. The summed E-state index contributed by atoms with van der Waals surface area (Å²) in [6, 6.07) is 0. The van der Waals surface area contributed by atoms with Gasteiger partial charge in [0.25, 0.3) is 0 Å². The van der Waals surface area contributed by atoms with E-state index in [2.05, 4.69) is 24.1 Å². The molecule has 0 heterocycles. The average molecular weight is 375 g/mol. The van der Waals surface area contributed by atoms with Crippen molar-refractivity contribution in [1.29, 1.82) is 0 Å². The first kappa shape index (κ1) is 22.7. The van der Waals surface area contributed by atoms with Crippen LogP contribution in [0, 0.1) is 0 Å². The summed E-state index contributed by atoms with van der Waals surface area (Å²) in [6.45, 7) is 9.54. The molecule has 0 aromatic heterocycles. The maximum Gasteiger partial charge on any atom is 0.243 e. The SMILES string of the molecule is C=C/C(=C\C=C\NC(=O)C(C)(N)CCCC)C(O)NC1=C(N)CCC(C)=C1. The second-order valence-corrected chi connectivity index (χ2v) is 7.20. The van der Waals surface area contributed by atoms with Gasteiger partial charge >= 0.3 is 0 Å². The fraction of sp³-hybridized carbons (Fsp3) is 0.476. The van der Waals surface area contributed by atoms with Gasteiger partial charge in [-0.05, 0) is 45.3 Å². The van der Waals surface area contributed by atoms with Crippen LogP contribution >= 0.6 is 0 Å². The lowest BCUT2D eigenvalue weighted by Gasteiger charge is -2.22. The first-order chi connectivity index (χ1) is 12.7. The van der Waals surface area contributed by atoms with Gasteiger partial charge in [0.1, 0.15) is 0 Å². The molecule has 1 amide bonds. The molecule has 0 saturated carbocycles. The van der Waals surface area contributed by atoms with Gasteiger partial charge in [0.15, 0.2) is 6.23 Å². The lowest BCUT2D eigenvalue weighted by atomic mass is 9.95. The van der Waals surface area contributed by atoms with Crippen molar-refractivity contribution < 1.29 is 9.90 Å².